The Morgan fingerprint density at radius 2 is 1.75 bits per heavy atom. The van der Waals surface area contributed by atoms with Crippen molar-refractivity contribution in [3.05, 3.63) is 24.3 Å². The summed E-state index contributed by atoms with van der Waals surface area (Å²) < 4.78 is 31.6. The van der Waals surface area contributed by atoms with Crippen LogP contribution in [0.3, 0.4) is 0 Å². The third-order valence-electron chi connectivity index (χ3n) is 1.10. The third-order valence-corrected chi connectivity index (χ3v) is 2.05. The van der Waals surface area contributed by atoms with Crippen LogP contribution in [0.25, 0.3) is 0 Å². The van der Waals surface area contributed by atoms with Gasteiger partial charge >= 0.3 is 71.6 Å². The van der Waals surface area contributed by atoms with Crippen LogP contribution in [-0.4, -0.2) is 22.7 Å². The predicted octanol–water partition coefficient (Wildman–Crippen LogP) is -0.502. The molecule has 1 rings (SSSR count). The maximum atomic E-state index is 10.4. The summed E-state index contributed by atoms with van der Waals surface area (Å²) in [6, 6.07) is 5.80. The Balaban J connectivity index is 2.78. The summed E-state index contributed by atoms with van der Waals surface area (Å²) in [5.41, 5.74) is 5.86. The summed E-state index contributed by atoms with van der Waals surface area (Å²) >= 11 is -5.02. The molecule has 0 unspecified atom stereocenters. The molecule has 0 fully saturated rings. The van der Waals surface area contributed by atoms with Gasteiger partial charge in [-0.25, -0.2) is 0 Å². The number of anilines is 1. The van der Waals surface area contributed by atoms with E-state index in [1.807, 2.05) is 0 Å². The Morgan fingerprint density at radius 1 is 1.25 bits per heavy atom. The van der Waals surface area contributed by atoms with Gasteiger partial charge in [-0.2, -0.15) is 0 Å². The first-order valence-corrected chi connectivity index (χ1v) is 6.29. The van der Waals surface area contributed by atoms with E-state index in [0.29, 0.717) is 5.69 Å². The molecule has 0 aliphatic carbocycles. The summed E-state index contributed by atoms with van der Waals surface area (Å²) in [6.45, 7) is 0. The molecular formula is C6H8AsNO4. The zero-order valence-electron chi connectivity index (χ0n) is 6.04. The number of nitrogens with two attached hydrogens (primary N) is 1. The van der Waals surface area contributed by atoms with Crippen molar-refractivity contribution < 1.29 is 15.7 Å². The second-order valence-corrected chi connectivity index (χ2v) is 4.59. The Labute approximate surface area is 72.1 Å². The molecule has 0 spiro atoms. The molecule has 0 saturated carbocycles. The molecule has 6 heteroatoms. The third kappa shape index (κ3) is 3.00. The molecule has 0 atom stereocenters. The second-order valence-electron chi connectivity index (χ2n) is 2.15. The van der Waals surface area contributed by atoms with Gasteiger partial charge in [0.05, 0.1) is 0 Å². The van der Waals surface area contributed by atoms with Gasteiger partial charge in [0, 0.05) is 0 Å². The van der Waals surface area contributed by atoms with E-state index in [1.165, 1.54) is 24.3 Å². The fourth-order valence-electron chi connectivity index (χ4n) is 0.666. The fourth-order valence-corrected chi connectivity index (χ4v) is 1.50. The van der Waals surface area contributed by atoms with Crippen molar-refractivity contribution >= 4 is 20.2 Å². The number of benzene rings is 1. The summed E-state index contributed by atoms with van der Waals surface area (Å²) in [6.07, 6.45) is 0. The minimum absolute atomic E-state index is 0.122. The van der Waals surface area contributed by atoms with Gasteiger partial charge in [-0.05, 0) is 0 Å². The Hall–Kier alpha value is -0.902. The molecule has 0 saturated heterocycles. The van der Waals surface area contributed by atoms with Crippen LogP contribution in [0.1, 0.15) is 0 Å². The van der Waals surface area contributed by atoms with Gasteiger partial charge in [-0.3, -0.25) is 0 Å². The van der Waals surface area contributed by atoms with Crippen molar-refractivity contribution in [3.63, 3.8) is 0 Å². The molecule has 5 nitrogen and oxygen atoms in total. The molecule has 0 amide bonds. The van der Waals surface area contributed by atoms with Crippen molar-refractivity contribution in [1.29, 1.82) is 0 Å². The van der Waals surface area contributed by atoms with E-state index in [4.69, 9.17) is 13.9 Å². The molecule has 0 heterocycles. The Kier molecular flexibility index (Phi) is 2.47. The van der Waals surface area contributed by atoms with E-state index >= 15 is 0 Å². The molecule has 12 heavy (non-hydrogen) atoms. The fraction of sp³-hybridized carbons (Fsp3) is 0. The van der Waals surface area contributed by atoms with E-state index in [2.05, 4.69) is 3.73 Å². The second kappa shape index (κ2) is 3.23. The van der Waals surface area contributed by atoms with Crippen LogP contribution in [-0.2, 0) is 3.74 Å². The molecule has 1 aromatic rings. The zero-order valence-corrected chi connectivity index (χ0v) is 7.92. The summed E-state index contributed by atoms with van der Waals surface area (Å²) in [5, 5.41) is 0. The molecule has 0 aromatic heterocycles. The predicted molar refractivity (Wildman–Crippen MR) is 42.4 cm³/mol. The normalized spacial score (nSPS) is 11.2. The zero-order chi connectivity index (χ0) is 9.19. The van der Waals surface area contributed by atoms with Crippen molar-refractivity contribution in [1.82, 2.24) is 0 Å². The van der Waals surface area contributed by atoms with E-state index in [-0.39, 0.29) is 5.75 Å². The number of hydrogen-bond acceptors (Lipinski definition) is 3. The molecule has 66 valence electrons. The standard InChI is InChI=1S/C6H8AsNO4/c8-5-1-3-6(4-2-5)12-7(9,10)11/h1-4H,8H2,(H2,9,10,11). The molecule has 1 aromatic carbocycles. The molecule has 0 aliphatic heterocycles. The number of hydrogen-bond donors (Lipinski definition) is 3. The van der Waals surface area contributed by atoms with Crippen LogP contribution in [0, 0.1) is 0 Å². The van der Waals surface area contributed by atoms with E-state index in [0.717, 1.165) is 0 Å². The van der Waals surface area contributed by atoms with Crippen LogP contribution in [0.15, 0.2) is 24.3 Å². The van der Waals surface area contributed by atoms with Crippen molar-refractivity contribution in [2.75, 3.05) is 5.73 Å². The maximum absolute atomic E-state index is 10.4. The van der Waals surface area contributed by atoms with Crippen LogP contribution in [0.2, 0.25) is 0 Å². The first kappa shape index (κ1) is 9.19. The minimum atomic E-state index is -5.02. The van der Waals surface area contributed by atoms with Gasteiger partial charge in [0.15, 0.2) is 0 Å². The van der Waals surface area contributed by atoms with Crippen molar-refractivity contribution in [3.8, 4) is 5.75 Å². The first-order valence-electron chi connectivity index (χ1n) is 3.08. The van der Waals surface area contributed by atoms with Crippen LogP contribution < -0.4 is 9.46 Å². The van der Waals surface area contributed by atoms with Gasteiger partial charge in [-0.15, -0.1) is 0 Å². The number of rotatable bonds is 2. The summed E-state index contributed by atoms with van der Waals surface area (Å²) in [5.74, 6) is 0.122. The van der Waals surface area contributed by atoms with E-state index < -0.39 is 14.5 Å². The molecular weight excluding hydrogens is 225 g/mol. The van der Waals surface area contributed by atoms with Crippen LogP contribution in [0.5, 0.6) is 5.75 Å². The molecule has 0 bridgehead atoms. The average Bonchev–Trinajstić information content (AvgIpc) is 1.91. The Bertz CT molecular complexity index is 304. The van der Waals surface area contributed by atoms with Gasteiger partial charge in [0.2, 0.25) is 0 Å². The average molecular weight is 233 g/mol. The van der Waals surface area contributed by atoms with Gasteiger partial charge in [0.25, 0.3) is 0 Å². The molecule has 0 aliphatic rings. The molecule has 0 radical (unpaired) electrons. The van der Waals surface area contributed by atoms with Crippen LogP contribution >= 0.6 is 0 Å². The van der Waals surface area contributed by atoms with Gasteiger partial charge in [-0.1, -0.05) is 0 Å². The SMILES string of the molecule is Nc1ccc(O[As](=O)(O)O)cc1. The van der Waals surface area contributed by atoms with Crippen molar-refractivity contribution in [2.45, 2.75) is 0 Å². The quantitative estimate of drug-likeness (QED) is 0.473. The monoisotopic (exact) mass is 233 g/mol. The summed E-state index contributed by atoms with van der Waals surface area (Å²) in [7, 11) is 0. The first-order chi connectivity index (χ1) is 5.47. The topological polar surface area (TPSA) is 92.8 Å². The van der Waals surface area contributed by atoms with E-state index in [1.54, 1.807) is 0 Å². The van der Waals surface area contributed by atoms with E-state index in [9.17, 15) is 3.74 Å². The number of nitrogen functional groups attached to an aromatic ring is 1. The van der Waals surface area contributed by atoms with Crippen LogP contribution in [0.4, 0.5) is 5.69 Å². The molecule has 4 N–H and O–H groups in total. The van der Waals surface area contributed by atoms with Crippen molar-refractivity contribution in [2.24, 2.45) is 0 Å². The summed E-state index contributed by atoms with van der Waals surface area (Å²) in [4.78, 5) is 0. The Morgan fingerprint density at radius 3 is 2.17 bits per heavy atom. The van der Waals surface area contributed by atoms with Gasteiger partial charge < -0.3 is 0 Å². The van der Waals surface area contributed by atoms with Gasteiger partial charge in [0.1, 0.15) is 0 Å².